The summed E-state index contributed by atoms with van der Waals surface area (Å²) in [5, 5.41) is 3.39. The van der Waals surface area contributed by atoms with Gasteiger partial charge in [-0.15, -0.1) is 0 Å². The first kappa shape index (κ1) is 13.9. The largest absolute Gasteiger partial charge is 0.379 e. The van der Waals surface area contributed by atoms with E-state index in [2.05, 4.69) is 29.1 Å². The predicted molar refractivity (Wildman–Crippen MR) is 77.1 cm³/mol. The Bertz CT molecular complexity index is 515. The molecule has 2 aromatic rings. The first-order valence-electron chi connectivity index (χ1n) is 6.88. The van der Waals surface area contributed by atoms with Crippen molar-refractivity contribution in [2.75, 3.05) is 19.8 Å². The highest BCUT2D eigenvalue weighted by Crippen LogP contribution is 2.14. The molecule has 0 aliphatic rings. The summed E-state index contributed by atoms with van der Waals surface area (Å²) in [6.07, 6.45) is 2.87. The van der Waals surface area contributed by atoms with Crippen molar-refractivity contribution in [2.45, 2.75) is 26.3 Å². The molecule has 0 bridgehead atoms. The van der Waals surface area contributed by atoms with Gasteiger partial charge < -0.3 is 10.1 Å². The fourth-order valence-corrected chi connectivity index (χ4v) is 1.98. The van der Waals surface area contributed by atoms with Crippen molar-refractivity contribution >= 4 is 11.0 Å². The van der Waals surface area contributed by atoms with Gasteiger partial charge in [0, 0.05) is 6.61 Å². The Kier molecular flexibility index (Phi) is 5.24. The summed E-state index contributed by atoms with van der Waals surface area (Å²) in [5.41, 5.74) is 2.80. The number of nitrogens with one attached hydrogen (secondary N) is 1. The molecule has 1 unspecified atom stereocenters. The van der Waals surface area contributed by atoms with Crippen LogP contribution in [0.4, 0.5) is 0 Å². The second kappa shape index (κ2) is 7.16. The molecule has 0 amide bonds. The zero-order valence-corrected chi connectivity index (χ0v) is 11.6. The first-order valence-corrected chi connectivity index (χ1v) is 6.88. The number of likely N-dealkylation sites (N-methyl/N-ethyl adjacent to an activating group) is 1. The smallest absolute Gasteiger partial charge is 0.0890 e. The molecule has 0 saturated carbocycles. The highest BCUT2D eigenvalue weighted by Gasteiger charge is 2.13. The second-order valence-corrected chi connectivity index (χ2v) is 4.47. The Morgan fingerprint density at radius 3 is 2.74 bits per heavy atom. The summed E-state index contributed by atoms with van der Waals surface area (Å²) in [5.74, 6) is 0. The number of rotatable bonds is 7. The molecule has 1 aromatic heterocycles. The average molecular weight is 259 g/mol. The zero-order chi connectivity index (χ0) is 13.5. The van der Waals surface area contributed by atoms with Crippen LogP contribution in [0, 0.1) is 0 Å². The van der Waals surface area contributed by atoms with Crippen LogP contribution in [0.25, 0.3) is 11.0 Å². The minimum atomic E-state index is 0.105. The minimum absolute atomic E-state index is 0.105. The van der Waals surface area contributed by atoms with Crippen molar-refractivity contribution in [3.05, 3.63) is 36.2 Å². The summed E-state index contributed by atoms with van der Waals surface area (Å²) in [7, 11) is 0. The Morgan fingerprint density at radius 1 is 1.21 bits per heavy atom. The first-order chi connectivity index (χ1) is 9.35. The van der Waals surface area contributed by atoms with Crippen LogP contribution in [-0.4, -0.2) is 29.7 Å². The molecule has 0 radical (unpaired) electrons. The fraction of sp³-hybridized carbons (Fsp3) is 0.467. The number of nitrogens with zero attached hydrogens (tertiary/aromatic N) is 2. The third-order valence-corrected chi connectivity index (χ3v) is 2.91. The molecule has 4 nitrogen and oxygen atoms in total. The maximum Gasteiger partial charge on any atom is 0.0890 e. The topological polar surface area (TPSA) is 47.0 Å². The van der Waals surface area contributed by atoms with Gasteiger partial charge in [0.15, 0.2) is 0 Å². The number of aromatic nitrogens is 2. The Morgan fingerprint density at radius 2 is 2.00 bits per heavy atom. The SMILES string of the molecule is CCCOCC(NCC)c1cnc2ccccc2n1. The van der Waals surface area contributed by atoms with Crippen LogP contribution in [0.15, 0.2) is 30.5 Å². The van der Waals surface area contributed by atoms with Gasteiger partial charge in [-0.05, 0) is 25.1 Å². The highest BCUT2D eigenvalue weighted by molar-refractivity contribution is 5.73. The lowest BCUT2D eigenvalue weighted by molar-refractivity contribution is 0.111. The minimum Gasteiger partial charge on any atom is -0.379 e. The molecular formula is C15H21N3O. The lowest BCUT2D eigenvalue weighted by atomic mass is 10.2. The van der Waals surface area contributed by atoms with E-state index in [0.29, 0.717) is 6.61 Å². The molecule has 0 aliphatic carbocycles. The van der Waals surface area contributed by atoms with E-state index in [1.807, 2.05) is 30.5 Å². The van der Waals surface area contributed by atoms with E-state index in [0.717, 1.165) is 36.3 Å². The number of hydrogen-bond acceptors (Lipinski definition) is 4. The van der Waals surface area contributed by atoms with E-state index in [1.165, 1.54) is 0 Å². The molecule has 0 aliphatic heterocycles. The third-order valence-electron chi connectivity index (χ3n) is 2.91. The molecule has 0 spiro atoms. The van der Waals surface area contributed by atoms with Crippen LogP contribution in [0.2, 0.25) is 0 Å². The summed E-state index contributed by atoms with van der Waals surface area (Å²) < 4.78 is 5.63. The predicted octanol–water partition coefficient (Wildman–Crippen LogP) is 2.71. The van der Waals surface area contributed by atoms with Gasteiger partial charge in [-0.2, -0.15) is 0 Å². The Hall–Kier alpha value is -1.52. The Labute approximate surface area is 114 Å². The van der Waals surface area contributed by atoms with Crippen molar-refractivity contribution in [1.29, 1.82) is 0 Å². The average Bonchev–Trinajstić information content (AvgIpc) is 2.46. The number of hydrogen-bond donors (Lipinski definition) is 1. The molecular weight excluding hydrogens is 238 g/mol. The lowest BCUT2D eigenvalue weighted by Crippen LogP contribution is -2.26. The van der Waals surface area contributed by atoms with E-state index >= 15 is 0 Å². The molecule has 102 valence electrons. The van der Waals surface area contributed by atoms with Gasteiger partial charge in [0.1, 0.15) is 0 Å². The highest BCUT2D eigenvalue weighted by atomic mass is 16.5. The number of ether oxygens (including phenoxy) is 1. The van der Waals surface area contributed by atoms with Crippen LogP contribution < -0.4 is 5.32 Å². The molecule has 19 heavy (non-hydrogen) atoms. The summed E-state index contributed by atoms with van der Waals surface area (Å²) >= 11 is 0. The van der Waals surface area contributed by atoms with Gasteiger partial charge in [0.05, 0.1) is 35.6 Å². The molecule has 1 N–H and O–H groups in total. The van der Waals surface area contributed by atoms with Crippen molar-refractivity contribution in [3.63, 3.8) is 0 Å². The van der Waals surface area contributed by atoms with Crippen molar-refractivity contribution in [3.8, 4) is 0 Å². The molecule has 1 aromatic carbocycles. The van der Waals surface area contributed by atoms with Gasteiger partial charge in [0.2, 0.25) is 0 Å². The van der Waals surface area contributed by atoms with Crippen molar-refractivity contribution in [2.24, 2.45) is 0 Å². The Balaban J connectivity index is 2.17. The molecule has 0 fully saturated rings. The van der Waals surface area contributed by atoms with E-state index in [4.69, 9.17) is 4.74 Å². The lowest BCUT2D eigenvalue weighted by Gasteiger charge is -2.17. The fourth-order valence-electron chi connectivity index (χ4n) is 1.98. The quantitative estimate of drug-likeness (QED) is 0.777. The second-order valence-electron chi connectivity index (χ2n) is 4.47. The van der Waals surface area contributed by atoms with E-state index < -0.39 is 0 Å². The monoisotopic (exact) mass is 259 g/mol. The van der Waals surface area contributed by atoms with Crippen LogP contribution in [0.5, 0.6) is 0 Å². The van der Waals surface area contributed by atoms with E-state index in [-0.39, 0.29) is 6.04 Å². The summed E-state index contributed by atoms with van der Waals surface area (Å²) in [6.45, 7) is 6.49. The summed E-state index contributed by atoms with van der Waals surface area (Å²) in [4.78, 5) is 9.12. The molecule has 1 atom stereocenters. The molecule has 4 heteroatoms. The van der Waals surface area contributed by atoms with Crippen LogP contribution >= 0.6 is 0 Å². The van der Waals surface area contributed by atoms with Gasteiger partial charge in [-0.3, -0.25) is 4.98 Å². The standard InChI is InChI=1S/C15H21N3O/c1-3-9-19-11-15(16-4-2)14-10-17-12-7-5-6-8-13(12)18-14/h5-8,10,15-16H,3-4,9,11H2,1-2H3. The van der Waals surface area contributed by atoms with Crippen molar-refractivity contribution in [1.82, 2.24) is 15.3 Å². The molecule has 0 saturated heterocycles. The van der Waals surface area contributed by atoms with Crippen LogP contribution in [0.1, 0.15) is 32.0 Å². The summed E-state index contributed by atoms with van der Waals surface area (Å²) in [6, 6.07) is 8.03. The van der Waals surface area contributed by atoms with Crippen LogP contribution in [-0.2, 0) is 4.74 Å². The number of para-hydroxylation sites is 2. The number of benzene rings is 1. The zero-order valence-electron chi connectivity index (χ0n) is 11.6. The normalized spacial score (nSPS) is 12.7. The van der Waals surface area contributed by atoms with E-state index in [1.54, 1.807) is 0 Å². The van der Waals surface area contributed by atoms with Crippen LogP contribution in [0.3, 0.4) is 0 Å². The van der Waals surface area contributed by atoms with E-state index in [9.17, 15) is 0 Å². The van der Waals surface area contributed by atoms with Crippen molar-refractivity contribution < 1.29 is 4.74 Å². The van der Waals surface area contributed by atoms with Gasteiger partial charge in [-0.1, -0.05) is 26.0 Å². The van der Waals surface area contributed by atoms with Gasteiger partial charge in [-0.25, -0.2) is 4.98 Å². The molecule has 1 heterocycles. The third kappa shape index (κ3) is 3.72. The maximum atomic E-state index is 5.63. The maximum absolute atomic E-state index is 5.63. The van der Waals surface area contributed by atoms with Gasteiger partial charge in [0.25, 0.3) is 0 Å². The molecule has 2 rings (SSSR count). The number of fused-ring (bicyclic) bond motifs is 1. The van der Waals surface area contributed by atoms with Gasteiger partial charge >= 0.3 is 0 Å².